The molecule has 1 unspecified atom stereocenters. The Bertz CT molecular complexity index is 662. The summed E-state index contributed by atoms with van der Waals surface area (Å²) in [6, 6.07) is 9.30. The van der Waals surface area contributed by atoms with Crippen LogP contribution in [0.3, 0.4) is 0 Å². The van der Waals surface area contributed by atoms with Crippen molar-refractivity contribution in [3.63, 3.8) is 0 Å². The third kappa shape index (κ3) is 4.03. The molecule has 1 saturated carbocycles. The fourth-order valence-electron chi connectivity index (χ4n) is 5.62. The average Bonchev–Trinajstić information content (AvgIpc) is 3.19. The minimum absolute atomic E-state index is 0.303. The summed E-state index contributed by atoms with van der Waals surface area (Å²) in [6.07, 6.45) is 9.34. The molecule has 0 spiro atoms. The van der Waals surface area contributed by atoms with Gasteiger partial charge < -0.3 is 4.90 Å². The lowest BCUT2D eigenvalue weighted by Gasteiger charge is -2.40. The monoisotopic (exact) mass is 337 g/mol. The molecule has 0 radical (unpaired) electrons. The van der Waals surface area contributed by atoms with E-state index in [1.807, 2.05) is 0 Å². The second-order valence-corrected chi connectivity index (χ2v) is 10.5. The van der Waals surface area contributed by atoms with E-state index in [-0.39, 0.29) is 0 Å². The number of allylic oxidation sites excluding steroid dienone is 2. The predicted molar refractivity (Wildman–Crippen MR) is 108 cm³/mol. The SMILES string of the molecule is CC1(C)C=C(c2ccccc2C2CCN(CC3CC3)C2)CC(C)(C)C1. The van der Waals surface area contributed by atoms with E-state index in [0.717, 1.165) is 11.8 Å². The molecule has 1 heterocycles. The van der Waals surface area contributed by atoms with Gasteiger partial charge in [0, 0.05) is 13.1 Å². The summed E-state index contributed by atoms with van der Waals surface area (Å²) in [6.45, 7) is 13.6. The predicted octanol–water partition coefficient (Wildman–Crippen LogP) is 6.12. The summed E-state index contributed by atoms with van der Waals surface area (Å²) >= 11 is 0. The smallest absolute Gasteiger partial charge is 0.00511 e. The number of likely N-dealkylation sites (tertiary alicyclic amines) is 1. The minimum atomic E-state index is 0.303. The lowest BCUT2D eigenvalue weighted by molar-refractivity contribution is 0.228. The molecule has 2 fully saturated rings. The molecule has 25 heavy (non-hydrogen) atoms. The van der Waals surface area contributed by atoms with Crippen molar-refractivity contribution in [2.24, 2.45) is 16.7 Å². The molecule has 1 aromatic rings. The lowest BCUT2D eigenvalue weighted by Crippen LogP contribution is -2.27. The zero-order chi connectivity index (χ0) is 17.7. The van der Waals surface area contributed by atoms with Crippen molar-refractivity contribution in [2.45, 2.75) is 65.7 Å². The molecular weight excluding hydrogens is 302 g/mol. The third-order valence-corrected chi connectivity index (χ3v) is 6.40. The number of nitrogens with zero attached hydrogens (tertiary/aromatic N) is 1. The van der Waals surface area contributed by atoms with Gasteiger partial charge in [-0.3, -0.25) is 0 Å². The summed E-state index contributed by atoms with van der Waals surface area (Å²) in [5.41, 5.74) is 5.45. The Labute approximate surface area is 154 Å². The van der Waals surface area contributed by atoms with Crippen molar-refractivity contribution in [1.29, 1.82) is 0 Å². The van der Waals surface area contributed by atoms with Crippen LogP contribution in [0.2, 0.25) is 0 Å². The summed E-state index contributed by atoms with van der Waals surface area (Å²) in [4.78, 5) is 2.72. The normalized spacial score (nSPS) is 28.8. The maximum atomic E-state index is 2.72. The summed E-state index contributed by atoms with van der Waals surface area (Å²) in [5.74, 6) is 1.74. The fraction of sp³-hybridized carbons (Fsp3) is 0.667. The summed E-state index contributed by atoms with van der Waals surface area (Å²) < 4.78 is 0. The second kappa shape index (κ2) is 6.27. The van der Waals surface area contributed by atoms with Crippen LogP contribution in [0.1, 0.15) is 76.8 Å². The van der Waals surface area contributed by atoms with Gasteiger partial charge in [-0.1, -0.05) is 58.0 Å². The average molecular weight is 338 g/mol. The van der Waals surface area contributed by atoms with Crippen molar-refractivity contribution in [2.75, 3.05) is 19.6 Å². The Hall–Kier alpha value is -1.08. The zero-order valence-electron chi connectivity index (χ0n) is 16.6. The van der Waals surface area contributed by atoms with Crippen LogP contribution in [0.15, 0.2) is 30.3 Å². The van der Waals surface area contributed by atoms with Crippen molar-refractivity contribution < 1.29 is 0 Å². The van der Waals surface area contributed by atoms with Gasteiger partial charge in [0.2, 0.25) is 0 Å². The Morgan fingerprint density at radius 3 is 2.52 bits per heavy atom. The summed E-state index contributed by atoms with van der Waals surface area (Å²) in [5, 5.41) is 0. The van der Waals surface area contributed by atoms with Crippen molar-refractivity contribution in [1.82, 2.24) is 4.90 Å². The molecular formula is C24H35N. The van der Waals surface area contributed by atoms with Crippen molar-refractivity contribution in [3.05, 3.63) is 41.5 Å². The first kappa shape index (κ1) is 17.3. The number of hydrogen-bond acceptors (Lipinski definition) is 1. The maximum absolute atomic E-state index is 2.72. The Morgan fingerprint density at radius 2 is 1.80 bits per heavy atom. The van der Waals surface area contributed by atoms with E-state index >= 15 is 0 Å². The highest BCUT2D eigenvalue weighted by molar-refractivity contribution is 5.71. The topological polar surface area (TPSA) is 3.24 Å². The first-order valence-corrected chi connectivity index (χ1v) is 10.3. The van der Waals surface area contributed by atoms with Gasteiger partial charge in [0.05, 0.1) is 0 Å². The van der Waals surface area contributed by atoms with E-state index < -0.39 is 0 Å². The van der Waals surface area contributed by atoms with Gasteiger partial charge in [0.1, 0.15) is 0 Å². The van der Waals surface area contributed by atoms with E-state index in [9.17, 15) is 0 Å². The molecule has 1 saturated heterocycles. The van der Waals surface area contributed by atoms with Crippen molar-refractivity contribution >= 4 is 5.57 Å². The van der Waals surface area contributed by atoms with Gasteiger partial charge in [-0.15, -0.1) is 0 Å². The number of hydrogen-bond donors (Lipinski definition) is 0. The Kier molecular flexibility index (Phi) is 4.35. The molecule has 2 aliphatic carbocycles. The van der Waals surface area contributed by atoms with Gasteiger partial charge in [-0.2, -0.15) is 0 Å². The molecule has 3 aliphatic rings. The molecule has 0 bridgehead atoms. The lowest BCUT2D eigenvalue weighted by atomic mass is 9.65. The van der Waals surface area contributed by atoms with Gasteiger partial charge >= 0.3 is 0 Å². The van der Waals surface area contributed by atoms with Crippen LogP contribution in [0.5, 0.6) is 0 Å². The van der Waals surface area contributed by atoms with E-state index in [4.69, 9.17) is 0 Å². The van der Waals surface area contributed by atoms with E-state index in [0.29, 0.717) is 10.8 Å². The summed E-state index contributed by atoms with van der Waals surface area (Å²) in [7, 11) is 0. The van der Waals surface area contributed by atoms with Crippen LogP contribution in [-0.2, 0) is 0 Å². The Morgan fingerprint density at radius 1 is 1.04 bits per heavy atom. The fourth-order valence-corrected chi connectivity index (χ4v) is 5.62. The molecule has 1 aliphatic heterocycles. The van der Waals surface area contributed by atoms with E-state index in [2.05, 4.69) is 62.9 Å². The van der Waals surface area contributed by atoms with Gasteiger partial charge in [0.25, 0.3) is 0 Å². The molecule has 1 atom stereocenters. The van der Waals surface area contributed by atoms with Gasteiger partial charge in [-0.25, -0.2) is 0 Å². The van der Waals surface area contributed by atoms with Gasteiger partial charge in [0.15, 0.2) is 0 Å². The quantitative estimate of drug-likeness (QED) is 0.640. The zero-order valence-corrected chi connectivity index (χ0v) is 16.6. The van der Waals surface area contributed by atoms with E-state index in [1.54, 1.807) is 16.7 Å². The molecule has 136 valence electrons. The van der Waals surface area contributed by atoms with Crippen LogP contribution in [0, 0.1) is 16.7 Å². The van der Waals surface area contributed by atoms with Crippen LogP contribution < -0.4 is 0 Å². The van der Waals surface area contributed by atoms with Crippen LogP contribution in [0.4, 0.5) is 0 Å². The van der Waals surface area contributed by atoms with Gasteiger partial charge in [-0.05, 0) is 78.0 Å². The first-order valence-electron chi connectivity index (χ1n) is 10.3. The minimum Gasteiger partial charge on any atom is -0.302 e. The maximum Gasteiger partial charge on any atom is 0.00511 e. The third-order valence-electron chi connectivity index (χ3n) is 6.40. The first-order chi connectivity index (χ1) is 11.8. The second-order valence-electron chi connectivity index (χ2n) is 10.5. The molecule has 1 nitrogen and oxygen atoms in total. The highest BCUT2D eigenvalue weighted by Crippen LogP contribution is 2.48. The van der Waals surface area contributed by atoms with Crippen molar-refractivity contribution in [3.8, 4) is 0 Å². The standard InChI is InChI=1S/C24H35N/c1-23(2)13-20(14-24(3,4)17-23)22-8-6-5-7-21(22)19-11-12-25(16-19)15-18-9-10-18/h5-8,13,18-19H,9-12,14-17H2,1-4H3. The molecule has 4 rings (SSSR count). The Balaban J connectivity index is 1.60. The van der Waals surface area contributed by atoms with Crippen LogP contribution in [0.25, 0.3) is 5.57 Å². The number of benzene rings is 1. The van der Waals surface area contributed by atoms with Crippen LogP contribution >= 0.6 is 0 Å². The largest absolute Gasteiger partial charge is 0.302 e. The number of rotatable bonds is 4. The highest BCUT2D eigenvalue weighted by atomic mass is 15.1. The molecule has 0 aromatic heterocycles. The van der Waals surface area contributed by atoms with E-state index in [1.165, 1.54) is 51.7 Å². The molecule has 1 heteroatoms. The molecule has 1 aromatic carbocycles. The van der Waals surface area contributed by atoms with Crippen LogP contribution in [-0.4, -0.2) is 24.5 Å². The highest BCUT2D eigenvalue weighted by Gasteiger charge is 2.35. The molecule has 0 N–H and O–H groups in total. The molecule has 0 amide bonds.